The summed E-state index contributed by atoms with van der Waals surface area (Å²) < 4.78 is 74.2. The predicted molar refractivity (Wildman–Crippen MR) is 83.9 cm³/mol. The van der Waals surface area contributed by atoms with E-state index < -0.39 is 41.6 Å². The number of halogens is 7. The number of alkyl halides is 6. The maximum Gasteiger partial charge on any atom is 0.408 e. The minimum Gasteiger partial charge on any atom is -0.343 e. The van der Waals surface area contributed by atoms with E-state index in [0.717, 1.165) is 13.8 Å². The number of hydrogen-bond acceptors (Lipinski definition) is 5. The lowest BCUT2D eigenvalue weighted by Crippen LogP contribution is -2.35. The van der Waals surface area contributed by atoms with Crippen molar-refractivity contribution < 1.29 is 26.3 Å². The first kappa shape index (κ1) is 24.4. The summed E-state index contributed by atoms with van der Waals surface area (Å²) in [6.45, 7) is 1.59. The molecule has 136 valence electrons. The van der Waals surface area contributed by atoms with Gasteiger partial charge in [-0.2, -0.15) is 68.3 Å². The number of nitrogens with one attached hydrogen (secondary N) is 2. The Kier molecular flexibility index (Phi) is 9.42. The summed E-state index contributed by atoms with van der Waals surface area (Å²) in [4.78, 5) is 10.1. The van der Waals surface area contributed by atoms with Crippen LogP contribution < -0.4 is 10.6 Å². The number of rotatable bonds is 4. The molecule has 1 heterocycles. The molecule has 0 spiro atoms. The first-order valence-corrected chi connectivity index (χ1v) is 5.85. The molecule has 0 bridgehead atoms. The Bertz CT molecular complexity index is 460. The van der Waals surface area contributed by atoms with Gasteiger partial charge in [0.2, 0.25) is 17.2 Å². The Balaban J connectivity index is 0. The molecule has 0 amide bonds. The summed E-state index contributed by atoms with van der Waals surface area (Å²) in [7, 11) is 0. The van der Waals surface area contributed by atoms with Gasteiger partial charge in [0.1, 0.15) is 12.1 Å². The van der Waals surface area contributed by atoms with Crippen LogP contribution in [0.25, 0.3) is 0 Å². The van der Waals surface area contributed by atoms with Gasteiger partial charge in [-0.05, 0) is 25.4 Å². The molecular weight excluding hydrogens is 392 g/mol. The molecule has 23 heavy (non-hydrogen) atoms. The fourth-order valence-electron chi connectivity index (χ4n) is 1.03. The second-order valence-corrected chi connectivity index (χ2v) is 4.40. The maximum atomic E-state index is 12.4. The highest BCUT2D eigenvalue weighted by Crippen LogP contribution is 2.24. The van der Waals surface area contributed by atoms with Crippen molar-refractivity contribution in [3.8, 4) is 0 Å². The van der Waals surface area contributed by atoms with Crippen LogP contribution in [0.1, 0.15) is 13.8 Å². The fourth-order valence-corrected chi connectivity index (χ4v) is 1.19. The number of aromatic nitrogens is 3. The standard InChI is InChI=1S/C9H10ClF6N5.2H2S/c1-3(8(11,12)13)17-6-19-5(10)20-7(21-6)18-4(2)9(14,15)16;;/h3-4H,1-2H3,(H2,17,18,19,20,21);2*1H2/t3-,4-;;/m0../s1. The summed E-state index contributed by atoms with van der Waals surface area (Å²) >= 11 is 5.44. The second-order valence-electron chi connectivity index (χ2n) is 4.07. The average molecular weight is 406 g/mol. The average Bonchev–Trinajstić information content (AvgIpc) is 2.25. The molecule has 0 aliphatic carbocycles. The van der Waals surface area contributed by atoms with Gasteiger partial charge in [-0.15, -0.1) is 0 Å². The molecule has 0 radical (unpaired) electrons. The zero-order valence-corrected chi connectivity index (χ0v) is 14.4. The predicted octanol–water partition coefficient (Wildman–Crippen LogP) is 3.48. The zero-order chi connectivity index (χ0) is 16.4. The Morgan fingerprint density at radius 3 is 1.35 bits per heavy atom. The van der Waals surface area contributed by atoms with E-state index in [1.54, 1.807) is 0 Å². The minimum absolute atomic E-state index is 0. The topological polar surface area (TPSA) is 62.7 Å². The molecule has 2 atom stereocenters. The van der Waals surface area contributed by atoms with E-state index in [4.69, 9.17) is 11.6 Å². The van der Waals surface area contributed by atoms with Gasteiger partial charge in [-0.1, -0.05) is 0 Å². The van der Waals surface area contributed by atoms with Crippen LogP contribution in [0.2, 0.25) is 5.28 Å². The van der Waals surface area contributed by atoms with Crippen LogP contribution in [-0.4, -0.2) is 39.4 Å². The highest BCUT2D eigenvalue weighted by Gasteiger charge is 2.38. The van der Waals surface area contributed by atoms with Crippen LogP contribution in [0.3, 0.4) is 0 Å². The van der Waals surface area contributed by atoms with Gasteiger partial charge < -0.3 is 10.6 Å². The fraction of sp³-hybridized carbons (Fsp3) is 0.667. The summed E-state index contributed by atoms with van der Waals surface area (Å²) in [6, 6.07) is -4.02. The van der Waals surface area contributed by atoms with Gasteiger partial charge in [0, 0.05) is 0 Å². The van der Waals surface area contributed by atoms with Gasteiger partial charge in [0.25, 0.3) is 0 Å². The van der Waals surface area contributed by atoms with Crippen LogP contribution in [0.5, 0.6) is 0 Å². The van der Waals surface area contributed by atoms with Crippen LogP contribution in [0.15, 0.2) is 0 Å². The smallest absolute Gasteiger partial charge is 0.343 e. The Hall–Kier alpha value is -0.820. The molecule has 1 aromatic rings. The second kappa shape index (κ2) is 8.87. The van der Waals surface area contributed by atoms with Crippen LogP contribution >= 0.6 is 38.6 Å². The van der Waals surface area contributed by atoms with Crippen molar-refractivity contribution in [1.82, 2.24) is 15.0 Å². The number of anilines is 2. The van der Waals surface area contributed by atoms with Crippen LogP contribution in [0, 0.1) is 0 Å². The lowest BCUT2D eigenvalue weighted by atomic mass is 10.3. The molecule has 0 fully saturated rings. The number of hydrogen-bond donors (Lipinski definition) is 2. The van der Waals surface area contributed by atoms with Gasteiger partial charge in [0.05, 0.1) is 0 Å². The monoisotopic (exact) mass is 405 g/mol. The normalized spacial score (nSPS) is 14.1. The van der Waals surface area contributed by atoms with Crippen molar-refractivity contribution in [2.24, 2.45) is 0 Å². The van der Waals surface area contributed by atoms with Crippen molar-refractivity contribution in [1.29, 1.82) is 0 Å². The lowest BCUT2D eigenvalue weighted by Gasteiger charge is -2.19. The molecule has 1 aromatic heterocycles. The first-order chi connectivity index (χ1) is 9.39. The summed E-state index contributed by atoms with van der Waals surface area (Å²) in [6.07, 6.45) is -9.15. The molecule has 0 aliphatic heterocycles. The van der Waals surface area contributed by atoms with E-state index in [1.165, 1.54) is 0 Å². The van der Waals surface area contributed by atoms with Crippen molar-refractivity contribution in [3.63, 3.8) is 0 Å². The summed E-state index contributed by atoms with van der Waals surface area (Å²) in [5.74, 6) is -1.17. The van der Waals surface area contributed by atoms with Crippen molar-refractivity contribution >= 4 is 50.5 Å². The van der Waals surface area contributed by atoms with E-state index >= 15 is 0 Å². The summed E-state index contributed by atoms with van der Waals surface area (Å²) in [5, 5.41) is 3.22. The highest BCUT2D eigenvalue weighted by atomic mass is 35.5. The van der Waals surface area contributed by atoms with E-state index in [-0.39, 0.29) is 27.0 Å². The Morgan fingerprint density at radius 2 is 1.09 bits per heavy atom. The Morgan fingerprint density at radius 1 is 0.783 bits per heavy atom. The van der Waals surface area contributed by atoms with Crippen molar-refractivity contribution in [2.45, 2.75) is 38.3 Å². The van der Waals surface area contributed by atoms with Crippen molar-refractivity contribution in [2.75, 3.05) is 10.6 Å². The minimum atomic E-state index is -4.58. The van der Waals surface area contributed by atoms with Gasteiger partial charge >= 0.3 is 12.4 Å². The van der Waals surface area contributed by atoms with Gasteiger partial charge in [0.15, 0.2) is 0 Å². The Labute approximate surface area is 146 Å². The molecule has 0 aliphatic rings. The third-order valence-electron chi connectivity index (χ3n) is 2.28. The molecule has 0 aromatic carbocycles. The largest absolute Gasteiger partial charge is 0.408 e. The van der Waals surface area contributed by atoms with Crippen molar-refractivity contribution in [3.05, 3.63) is 5.28 Å². The molecule has 5 nitrogen and oxygen atoms in total. The SMILES string of the molecule is C[C@H](Nc1nc(Cl)nc(N[C@@H](C)C(F)(F)F)n1)C(F)(F)F.S.S. The lowest BCUT2D eigenvalue weighted by molar-refractivity contribution is -0.139. The van der Waals surface area contributed by atoms with E-state index in [0.29, 0.717) is 0 Å². The third-order valence-corrected chi connectivity index (χ3v) is 2.45. The third kappa shape index (κ3) is 8.01. The number of nitrogens with zero attached hydrogens (tertiary/aromatic N) is 3. The van der Waals surface area contributed by atoms with Crippen LogP contribution in [0.4, 0.5) is 38.2 Å². The van der Waals surface area contributed by atoms with E-state index in [9.17, 15) is 26.3 Å². The molecule has 0 saturated carbocycles. The molecule has 14 heteroatoms. The maximum absolute atomic E-state index is 12.4. The molecule has 1 rings (SSSR count). The molecule has 0 saturated heterocycles. The molecule has 0 unspecified atom stereocenters. The van der Waals surface area contributed by atoms with Gasteiger partial charge in [-0.3, -0.25) is 0 Å². The van der Waals surface area contributed by atoms with Gasteiger partial charge in [-0.25, -0.2) is 0 Å². The summed E-state index contributed by atoms with van der Waals surface area (Å²) in [5.41, 5.74) is 0. The van der Waals surface area contributed by atoms with Crippen LogP contribution in [-0.2, 0) is 0 Å². The zero-order valence-electron chi connectivity index (χ0n) is 11.6. The quantitative estimate of drug-likeness (QED) is 0.751. The highest BCUT2D eigenvalue weighted by molar-refractivity contribution is 7.59. The molecular formula is C9H14ClF6N5S2. The van der Waals surface area contributed by atoms with E-state index in [1.807, 2.05) is 10.6 Å². The first-order valence-electron chi connectivity index (χ1n) is 5.47. The molecule has 2 N–H and O–H groups in total. The van der Waals surface area contributed by atoms with E-state index in [2.05, 4.69) is 15.0 Å².